The molecule has 0 aliphatic rings. The maximum absolute atomic E-state index is 5.36. The first kappa shape index (κ1) is 16.9. The highest BCUT2D eigenvalue weighted by Gasteiger charge is 2.10. The molecule has 0 fully saturated rings. The summed E-state index contributed by atoms with van der Waals surface area (Å²) in [5.74, 6) is 2.75. The van der Waals surface area contributed by atoms with Gasteiger partial charge >= 0.3 is 0 Å². The van der Waals surface area contributed by atoms with E-state index in [9.17, 15) is 0 Å². The summed E-state index contributed by atoms with van der Waals surface area (Å²) < 4.78 is 10.7. The number of rotatable bonds is 7. The molecule has 0 unspecified atom stereocenters. The first-order chi connectivity index (χ1) is 11.1. The molecule has 23 heavy (non-hydrogen) atoms. The van der Waals surface area contributed by atoms with Crippen LogP contribution in [0, 0.1) is 6.92 Å². The van der Waals surface area contributed by atoms with Gasteiger partial charge in [0.25, 0.3) is 0 Å². The molecule has 0 saturated carbocycles. The molecule has 2 heterocycles. The van der Waals surface area contributed by atoms with E-state index >= 15 is 0 Å². The van der Waals surface area contributed by atoms with Gasteiger partial charge < -0.3 is 19.1 Å². The molecule has 0 spiro atoms. The smallest absolute Gasteiger partial charge is 0.194 e. The first-order valence-electron chi connectivity index (χ1n) is 7.75. The third kappa shape index (κ3) is 5.36. The van der Waals surface area contributed by atoms with Crippen molar-refractivity contribution in [3.05, 3.63) is 60.0 Å². The van der Waals surface area contributed by atoms with Crippen LogP contribution in [-0.2, 0) is 13.0 Å². The fourth-order valence-corrected chi connectivity index (χ4v) is 2.18. The van der Waals surface area contributed by atoms with E-state index in [2.05, 4.69) is 21.8 Å². The van der Waals surface area contributed by atoms with Gasteiger partial charge in [-0.05, 0) is 32.0 Å². The third-order valence-electron chi connectivity index (χ3n) is 3.47. The molecule has 0 aromatic carbocycles. The van der Waals surface area contributed by atoms with Gasteiger partial charge in [-0.1, -0.05) is 12.2 Å². The molecular weight excluding hydrogens is 290 g/mol. The minimum Gasteiger partial charge on any atom is -0.469 e. The molecule has 124 valence electrons. The van der Waals surface area contributed by atoms with E-state index in [0.29, 0.717) is 6.54 Å². The molecule has 1 N–H and O–H groups in total. The second-order valence-corrected chi connectivity index (χ2v) is 5.71. The lowest BCUT2D eigenvalue weighted by atomic mass is 10.2. The minimum absolute atomic E-state index is 0.609. The highest BCUT2D eigenvalue weighted by Crippen LogP contribution is 2.11. The van der Waals surface area contributed by atoms with E-state index in [1.807, 2.05) is 39.1 Å². The largest absolute Gasteiger partial charge is 0.469 e. The van der Waals surface area contributed by atoms with Gasteiger partial charge in [0.15, 0.2) is 5.96 Å². The van der Waals surface area contributed by atoms with Crippen molar-refractivity contribution in [1.29, 1.82) is 0 Å². The topological polar surface area (TPSA) is 53.9 Å². The van der Waals surface area contributed by atoms with E-state index in [4.69, 9.17) is 8.83 Å². The van der Waals surface area contributed by atoms with E-state index in [1.165, 1.54) is 0 Å². The van der Waals surface area contributed by atoms with Crippen LogP contribution in [-0.4, -0.2) is 31.0 Å². The van der Waals surface area contributed by atoms with Gasteiger partial charge in [-0.25, -0.2) is 4.99 Å². The van der Waals surface area contributed by atoms with Crippen LogP contribution in [0.3, 0.4) is 0 Å². The summed E-state index contributed by atoms with van der Waals surface area (Å²) in [6.45, 7) is 9.97. The van der Waals surface area contributed by atoms with Crippen molar-refractivity contribution in [2.75, 3.05) is 20.1 Å². The van der Waals surface area contributed by atoms with Gasteiger partial charge in [-0.3, -0.25) is 0 Å². The number of guanidine groups is 1. The van der Waals surface area contributed by atoms with Crippen LogP contribution in [0.15, 0.2) is 56.7 Å². The van der Waals surface area contributed by atoms with Crippen molar-refractivity contribution in [2.24, 2.45) is 4.99 Å². The summed E-state index contributed by atoms with van der Waals surface area (Å²) in [4.78, 5) is 6.71. The third-order valence-corrected chi connectivity index (χ3v) is 3.47. The first-order valence-corrected chi connectivity index (χ1v) is 7.75. The number of hydrogen-bond donors (Lipinski definition) is 1. The van der Waals surface area contributed by atoms with Crippen LogP contribution in [0.5, 0.6) is 0 Å². The van der Waals surface area contributed by atoms with Gasteiger partial charge in [0.2, 0.25) is 0 Å². The summed E-state index contributed by atoms with van der Waals surface area (Å²) in [6.07, 6.45) is 4.23. The van der Waals surface area contributed by atoms with Crippen LogP contribution in [0.1, 0.15) is 24.0 Å². The molecule has 5 heteroatoms. The summed E-state index contributed by atoms with van der Waals surface area (Å²) in [5.41, 5.74) is 2.19. The Hall–Kier alpha value is -2.43. The standard InChI is InChI=1S/C18H25N3O2/c1-14(2)12-20-18(19-9-7-17-6-5-10-23-17)21(4)13-16-8-11-22-15(16)3/h5-6,8,10-11H,1,7,9,12-13H2,2-4H3,(H,19,20). The van der Waals surface area contributed by atoms with Crippen molar-refractivity contribution in [2.45, 2.75) is 26.8 Å². The van der Waals surface area contributed by atoms with Gasteiger partial charge in [0, 0.05) is 32.1 Å². The van der Waals surface area contributed by atoms with Crippen LogP contribution < -0.4 is 5.32 Å². The molecule has 0 atom stereocenters. The van der Waals surface area contributed by atoms with E-state index in [1.54, 1.807) is 12.5 Å². The maximum Gasteiger partial charge on any atom is 0.194 e. The Morgan fingerprint density at radius 3 is 2.74 bits per heavy atom. The zero-order valence-corrected chi connectivity index (χ0v) is 14.1. The summed E-state index contributed by atoms with van der Waals surface area (Å²) in [5, 5.41) is 3.39. The van der Waals surface area contributed by atoms with Crippen LogP contribution in [0.4, 0.5) is 0 Å². The Bertz CT molecular complexity index is 641. The minimum atomic E-state index is 0.609. The lowest BCUT2D eigenvalue weighted by molar-refractivity contribution is 0.459. The van der Waals surface area contributed by atoms with Crippen molar-refractivity contribution >= 4 is 5.96 Å². The SMILES string of the molecule is C=C(C)CN=C(NCCc1ccco1)N(C)Cc1ccoc1C. The lowest BCUT2D eigenvalue weighted by Gasteiger charge is -2.22. The van der Waals surface area contributed by atoms with E-state index < -0.39 is 0 Å². The van der Waals surface area contributed by atoms with Gasteiger partial charge in [0.1, 0.15) is 11.5 Å². The van der Waals surface area contributed by atoms with Gasteiger partial charge in [-0.15, -0.1) is 0 Å². The molecule has 0 aliphatic heterocycles. The molecule has 2 aromatic rings. The number of aliphatic imine (C=N–C) groups is 1. The Balaban J connectivity index is 1.96. The average molecular weight is 315 g/mol. The molecule has 0 radical (unpaired) electrons. The molecular formula is C18H25N3O2. The van der Waals surface area contributed by atoms with Crippen LogP contribution in [0.25, 0.3) is 0 Å². The zero-order valence-electron chi connectivity index (χ0n) is 14.1. The fourth-order valence-electron chi connectivity index (χ4n) is 2.18. The number of nitrogens with one attached hydrogen (secondary N) is 1. The average Bonchev–Trinajstić information content (AvgIpc) is 3.15. The molecule has 2 rings (SSSR count). The molecule has 0 amide bonds. The highest BCUT2D eigenvalue weighted by atomic mass is 16.3. The van der Waals surface area contributed by atoms with Crippen LogP contribution in [0.2, 0.25) is 0 Å². The maximum atomic E-state index is 5.36. The molecule has 2 aromatic heterocycles. The Morgan fingerprint density at radius 1 is 1.30 bits per heavy atom. The second kappa shape index (κ2) is 8.27. The molecule has 0 aliphatic carbocycles. The molecule has 0 saturated heterocycles. The lowest BCUT2D eigenvalue weighted by Crippen LogP contribution is -2.39. The zero-order chi connectivity index (χ0) is 16.7. The molecule has 5 nitrogen and oxygen atoms in total. The molecule has 0 bridgehead atoms. The Labute approximate surface area is 137 Å². The number of hydrogen-bond acceptors (Lipinski definition) is 3. The quantitative estimate of drug-likeness (QED) is 0.483. The van der Waals surface area contributed by atoms with Crippen LogP contribution >= 0.6 is 0 Å². The van der Waals surface area contributed by atoms with Gasteiger partial charge in [0.05, 0.1) is 19.1 Å². The monoisotopic (exact) mass is 315 g/mol. The Kier molecular flexibility index (Phi) is 6.09. The fraction of sp³-hybridized carbons (Fsp3) is 0.389. The number of aryl methyl sites for hydroxylation is 1. The van der Waals surface area contributed by atoms with Crippen molar-refractivity contribution in [3.63, 3.8) is 0 Å². The predicted octanol–water partition coefficient (Wildman–Crippen LogP) is 3.38. The summed E-state index contributed by atoms with van der Waals surface area (Å²) in [7, 11) is 2.02. The number of nitrogens with zero attached hydrogens (tertiary/aromatic N) is 2. The van der Waals surface area contributed by atoms with Crippen molar-refractivity contribution in [1.82, 2.24) is 10.2 Å². The van der Waals surface area contributed by atoms with Crippen molar-refractivity contribution in [3.8, 4) is 0 Å². The summed E-state index contributed by atoms with van der Waals surface area (Å²) in [6, 6.07) is 5.87. The van der Waals surface area contributed by atoms with E-state index in [-0.39, 0.29) is 0 Å². The Morgan fingerprint density at radius 2 is 2.13 bits per heavy atom. The highest BCUT2D eigenvalue weighted by molar-refractivity contribution is 5.79. The second-order valence-electron chi connectivity index (χ2n) is 5.71. The van der Waals surface area contributed by atoms with Crippen molar-refractivity contribution < 1.29 is 8.83 Å². The van der Waals surface area contributed by atoms with Gasteiger partial charge in [-0.2, -0.15) is 0 Å². The predicted molar refractivity (Wildman–Crippen MR) is 92.4 cm³/mol. The normalized spacial score (nSPS) is 11.5. The number of furan rings is 2. The van der Waals surface area contributed by atoms with E-state index in [0.717, 1.165) is 48.1 Å². The summed E-state index contributed by atoms with van der Waals surface area (Å²) >= 11 is 0.